The van der Waals surface area contributed by atoms with Crippen LogP contribution in [0.5, 0.6) is 0 Å². The van der Waals surface area contributed by atoms with Gasteiger partial charge in [0.2, 0.25) is 5.91 Å². The molecular weight excluding hydrogens is 288 g/mol. The topological polar surface area (TPSA) is 78.4 Å². The van der Waals surface area contributed by atoms with Crippen LogP contribution in [0.1, 0.15) is 33.3 Å². The lowest BCUT2D eigenvalue weighted by Crippen LogP contribution is -2.38. The maximum atomic E-state index is 10.3. The molecular formula is C15H24N2O3S. The Morgan fingerprint density at radius 2 is 1.71 bits per heavy atom. The number of aryl methyl sites for hydroxylation is 1. The van der Waals surface area contributed by atoms with Crippen molar-refractivity contribution in [2.24, 2.45) is 0 Å². The van der Waals surface area contributed by atoms with E-state index in [0.29, 0.717) is 0 Å². The van der Waals surface area contributed by atoms with Crippen LogP contribution in [-0.2, 0) is 9.59 Å². The van der Waals surface area contributed by atoms with Gasteiger partial charge in [-0.25, -0.2) is 4.72 Å². The number of carboxylic acid groups (broad SMARTS) is 1. The minimum absolute atomic E-state index is 0.0255. The second-order valence-electron chi connectivity index (χ2n) is 5.56. The first-order valence-electron chi connectivity index (χ1n) is 6.57. The van der Waals surface area contributed by atoms with Crippen molar-refractivity contribution in [3.05, 3.63) is 29.8 Å². The summed E-state index contributed by atoms with van der Waals surface area (Å²) < 4.78 is 2.74. The largest absolute Gasteiger partial charge is 0.480 e. The Hall–Kier alpha value is -1.53. The average Bonchev–Trinajstić information content (AvgIpc) is 2.29. The Kier molecular flexibility index (Phi) is 8.73. The zero-order valence-electron chi connectivity index (χ0n) is 13.2. The van der Waals surface area contributed by atoms with E-state index in [2.05, 4.69) is 10.0 Å². The molecule has 6 heteroatoms. The molecule has 5 nitrogen and oxygen atoms in total. The number of carboxylic acids is 1. The van der Waals surface area contributed by atoms with Crippen molar-refractivity contribution in [1.29, 1.82) is 0 Å². The molecule has 0 unspecified atom stereocenters. The van der Waals surface area contributed by atoms with E-state index in [9.17, 15) is 9.59 Å². The van der Waals surface area contributed by atoms with Crippen molar-refractivity contribution < 1.29 is 14.7 Å². The van der Waals surface area contributed by atoms with Crippen LogP contribution in [0.25, 0.3) is 0 Å². The molecule has 0 saturated carbocycles. The molecule has 1 aromatic carbocycles. The molecule has 0 saturated heterocycles. The fourth-order valence-electron chi connectivity index (χ4n) is 1.32. The summed E-state index contributed by atoms with van der Waals surface area (Å²) in [6.07, 6.45) is 0. The number of nitrogens with one attached hydrogen (secondary N) is 2. The SMILES string of the molecule is CC(=O)NC(C)(C)C.Cc1ccc(SNCC(=O)O)cc1. The Balaban J connectivity index is 0.000000433. The summed E-state index contributed by atoms with van der Waals surface area (Å²) >= 11 is 1.33. The Morgan fingerprint density at radius 1 is 1.19 bits per heavy atom. The third-order valence-electron chi connectivity index (χ3n) is 1.99. The summed E-state index contributed by atoms with van der Waals surface area (Å²) in [4.78, 5) is 21.5. The number of rotatable bonds is 4. The number of hydrogen-bond acceptors (Lipinski definition) is 4. The molecule has 21 heavy (non-hydrogen) atoms. The molecule has 0 aliphatic heterocycles. The van der Waals surface area contributed by atoms with Crippen LogP contribution in [0.2, 0.25) is 0 Å². The number of carbonyl (C=O) groups excluding carboxylic acids is 1. The highest BCUT2D eigenvalue weighted by molar-refractivity contribution is 7.97. The van der Waals surface area contributed by atoms with Crippen LogP contribution in [0, 0.1) is 6.92 Å². The maximum absolute atomic E-state index is 10.3. The quantitative estimate of drug-likeness (QED) is 0.745. The average molecular weight is 312 g/mol. The second kappa shape index (κ2) is 9.41. The number of aliphatic carboxylic acids is 1. The first-order valence-corrected chi connectivity index (χ1v) is 7.39. The molecule has 0 bridgehead atoms. The molecule has 0 heterocycles. The summed E-state index contributed by atoms with van der Waals surface area (Å²) in [5.41, 5.74) is 1.12. The van der Waals surface area contributed by atoms with Gasteiger partial charge in [-0.3, -0.25) is 9.59 Å². The lowest BCUT2D eigenvalue weighted by molar-refractivity contribution is -0.135. The fourth-order valence-corrected chi connectivity index (χ4v) is 1.95. The molecule has 0 aromatic heterocycles. The molecule has 118 valence electrons. The lowest BCUT2D eigenvalue weighted by atomic mass is 10.1. The Morgan fingerprint density at radius 3 is 2.05 bits per heavy atom. The number of amides is 1. The van der Waals surface area contributed by atoms with Gasteiger partial charge in [0.05, 0.1) is 0 Å². The zero-order chi connectivity index (χ0) is 16.5. The van der Waals surface area contributed by atoms with Crippen LogP contribution < -0.4 is 10.0 Å². The standard InChI is InChI=1S/C9H11NO2S.C6H13NO/c1-7-2-4-8(5-3-7)13-10-6-9(11)12;1-5(8)7-6(2,3)4/h2-5,10H,6H2,1H3,(H,11,12);1-4H3,(H,7,8). The van der Waals surface area contributed by atoms with Gasteiger partial charge in [0, 0.05) is 17.4 Å². The van der Waals surface area contributed by atoms with E-state index in [-0.39, 0.29) is 18.0 Å². The summed E-state index contributed by atoms with van der Waals surface area (Å²) in [5.74, 6) is -0.822. The van der Waals surface area contributed by atoms with E-state index in [1.807, 2.05) is 52.0 Å². The van der Waals surface area contributed by atoms with E-state index >= 15 is 0 Å². The van der Waals surface area contributed by atoms with E-state index in [4.69, 9.17) is 5.11 Å². The molecule has 0 radical (unpaired) electrons. The van der Waals surface area contributed by atoms with E-state index in [1.165, 1.54) is 24.4 Å². The van der Waals surface area contributed by atoms with Crippen molar-refractivity contribution in [1.82, 2.24) is 10.0 Å². The highest BCUT2D eigenvalue weighted by atomic mass is 32.2. The third-order valence-corrected chi connectivity index (χ3v) is 2.78. The monoisotopic (exact) mass is 312 g/mol. The fraction of sp³-hybridized carbons (Fsp3) is 0.467. The minimum Gasteiger partial charge on any atom is -0.480 e. The van der Waals surface area contributed by atoms with Gasteiger partial charge in [-0.1, -0.05) is 17.7 Å². The summed E-state index contributed by atoms with van der Waals surface area (Å²) in [7, 11) is 0. The normalized spacial score (nSPS) is 10.3. The van der Waals surface area contributed by atoms with Crippen molar-refractivity contribution in [2.45, 2.75) is 45.1 Å². The summed E-state index contributed by atoms with van der Waals surface area (Å²) in [5, 5.41) is 11.1. The van der Waals surface area contributed by atoms with Crippen LogP contribution in [-0.4, -0.2) is 29.1 Å². The second-order valence-corrected chi connectivity index (χ2v) is 6.53. The predicted molar refractivity (Wildman–Crippen MR) is 86.2 cm³/mol. The van der Waals surface area contributed by atoms with Gasteiger partial charge in [-0.15, -0.1) is 0 Å². The van der Waals surface area contributed by atoms with E-state index in [0.717, 1.165) is 4.90 Å². The summed E-state index contributed by atoms with van der Waals surface area (Å²) in [6, 6.07) is 7.89. The zero-order valence-corrected chi connectivity index (χ0v) is 14.0. The summed E-state index contributed by atoms with van der Waals surface area (Å²) in [6.45, 7) is 9.36. The minimum atomic E-state index is -0.848. The number of hydrogen-bond donors (Lipinski definition) is 3. The van der Waals surface area contributed by atoms with Crippen LogP contribution in [0.3, 0.4) is 0 Å². The van der Waals surface area contributed by atoms with Gasteiger partial charge in [-0.2, -0.15) is 0 Å². The van der Waals surface area contributed by atoms with Gasteiger partial charge in [0.25, 0.3) is 0 Å². The Bertz CT molecular complexity index is 453. The first kappa shape index (κ1) is 19.5. The molecule has 3 N–H and O–H groups in total. The molecule has 0 fully saturated rings. The molecule has 0 aliphatic rings. The Labute approximate surface area is 130 Å². The van der Waals surface area contributed by atoms with Crippen molar-refractivity contribution in [3.63, 3.8) is 0 Å². The smallest absolute Gasteiger partial charge is 0.318 e. The third kappa shape index (κ3) is 13.2. The molecule has 0 aliphatic carbocycles. The molecule has 1 aromatic rings. The van der Waals surface area contributed by atoms with Gasteiger partial charge in [0.15, 0.2) is 0 Å². The molecule has 1 rings (SSSR count). The van der Waals surface area contributed by atoms with Gasteiger partial charge >= 0.3 is 5.97 Å². The van der Waals surface area contributed by atoms with Crippen LogP contribution in [0.4, 0.5) is 0 Å². The molecule has 1 amide bonds. The van der Waals surface area contributed by atoms with Crippen molar-refractivity contribution in [3.8, 4) is 0 Å². The maximum Gasteiger partial charge on any atom is 0.318 e. The van der Waals surface area contributed by atoms with E-state index < -0.39 is 5.97 Å². The van der Waals surface area contributed by atoms with Crippen LogP contribution >= 0.6 is 11.9 Å². The highest BCUT2D eigenvalue weighted by Gasteiger charge is 2.08. The van der Waals surface area contributed by atoms with Gasteiger partial charge < -0.3 is 10.4 Å². The van der Waals surface area contributed by atoms with Gasteiger partial charge in [0.1, 0.15) is 6.54 Å². The number of benzene rings is 1. The van der Waals surface area contributed by atoms with Crippen LogP contribution in [0.15, 0.2) is 29.2 Å². The molecule has 0 spiro atoms. The van der Waals surface area contributed by atoms with E-state index in [1.54, 1.807) is 0 Å². The highest BCUT2D eigenvalue weighted by Crippen LogP contribution is 2.14. The van der Waals surface area contributed by atoms with Crippen molar-refractivity contribution in [2.75, 3.05) is 6.54 Å². The van der Waals surface area contributed by atoms with Gasteiger partial charge in [-0.05, 0) is 51.8 Å². The lowest BCUT2D eigenvalue weighted by Gasteiger charge is -2.18. The molecule has 0 atom stereocenters. The number of carbonyl (C=O) groups is 2. The first-order chi connectivity index (χ1) is 9.60. The predicted octanol–water partition coefficient (Wildman–Crippen LogP) is 2.60. The van der Waals surface area contributed by atoms with Crippen molar-refractivity contribution >= 4 is 23.8 Å².